The normalized spacial score (nSPS) is 13.6. The largest absolute Gasteiger partial charge is 0.243 e. The number of aryl methyl sites for hydroxylation is 1. The highest BCUT2D eigenvalue weighted by molar-refractivity contribution is 7.89. The van der Waals surface area contributed by atoms with Crippen molar-refractivity contribution in [3.63, 3.8) is 0 Å². The third kappa shape index (κ3) is 5.28. The predicted octanol–water partition coefficient (Wildman–Crippen LogP) is 3.91. The molecule has 0 aliphatic carbocycles. The monoisotopic (exact) mass is 331 g/mol. The lowest BCUT2D eigenvalue weighted by atomic mass is 10.1. The number of hydrogen-bond donors (Lipinski definition) is 0. The van der Waals surface area contributed by atoms with Crippen LogP contribution >= 0.6 is 11.6 Å². The van der Waals surface area contributed by atoms with Crippen LogP contribution in [0.5, 0.6) is 0 Å². The van der Waals surface area contributed by atoms with Gasteiger partial charge in [0.2, 0.25) is 10.0 Å². The van der Waals surface area contributed by atoms with E-state index in [-0.39, 0.29) is 0 Å². The minimum absolute atomic E-state index is 0.364. The van der Waals surface area contributed by atoms with Crippen LogP contribution in [0.25, 0.3) is 0 Å². The molecule has 0 saturated carbocycles. The van der Waals surface area contributed by atoms with Gasteiger partial charge in [0.05, 0.1) is 4.90 Å². The second-order valence-corrected chi connectivity index (χ2v) is 7.72. The van der Waals surface area contributed by atoms with Crippen molar-refractivity contribution in [2.75, 3.05) is 19.0 Å². The summed E-state index contributed by atoms with van der Waals surface area (Å²) in [5, 5.41) is 0. The van der Waals surface area contributed by atoms with E-state index in [1.165, 1.54) is 0 Å². The van der Waals surface area contributed by atoms with E-state index in [0.717, 1.165) is 24.8 Å². The third-order valence-corrected chi connectivity index (χ3v) is 5.95. The van der Waals surface area contributed by atoms with E-state index in [9.17, 15) is 8.42 Å². The summed E-state index contributed by atoms with van der Waals surface area (Å²) in [5.74, 6) is 0.987. The van der Waals surface area contributed by atoms with Gasteiger partial charge in [-0.05, 0) is 36.5 Å². The van der Waals surface area contributed by atoms with Crippen LogP contribution in [0.3, 0.4) is 0 Å². The summed E-state index contributed by atoms with van der Waals surface area (Å²) >= 11 is 5.68. The molecule has 21 heavy (non-hydrogen) atoms. The average Bonchev–Trinajstić information content (AvgIpc) is 2.50. The van der Waals surface area contributed by atoms with Gasteiger partial charge in [0.15, 0.2) is 0 Å². The number of sulfonamides is 1. The van der Waals surface area contributed by atoms with Crippen molar-refractivity contribution in [3.8, 4) is 0 Å². The van der Waals surface area contributed by atoms with Gasteiger partial charge in [0.1, 0.15) is 0 Å². The Morgan fingerprint density at radius 1 is 1.19 bits per heavy atom. The zero-order chi connectivity index (χ0) is 15.9. The highest BCUT2D eigenvalue weighted by atomic mass is 35.5. The first-order valence-electron chi connectivity index (χ1n) is 7.60. The Bertz CT molecular complexity index is 514. The predicted molar refractivity (Wildman–Crippen MR) is 89.4 cm³/mol. The van der Waals surface area contributed by atoms with Crippen molar-refractivity contribution < 1.29 is 8.42 Å². The van der Waals surface area contributed by atoms with Gasteiger partial charge in [-0.1, -0.05) is 39.3 Å². The third-order valence-electron chi connectivity index (χ3n) is 3.73. The van der Waals surface area contributed by atoms with E-state index in [4.69, 9.17) is 11.6 Å². The second-order valence-electron chi connectivity index (χ2n) is 5.41. The van der Waals surface area contributed by atoms with E-state index in [0.29, 0.717) is 29.8 Å². The summed E-state index contributed by atoms with van der Waals surface area (Å²) in [6.07, 6.45) is 2.76. The Kier molecular flexibility index (Phi) is 7.71. The van der Waals surface area contributed by atoms with Gasteiger partial charge in [-0.3, -0.25) is 0 Å². The molecule has 1 atom stereocenters. The van der Waals surface area contributed by atoms with Crippen LogP contribution < -0.4 is 0 Å². The van der Waals surface area contributed by atoms with Crippen molar-refractivity contribution >= 4 is 21.6 Å². The molecule has 0 saturated heterocycles. The minimum Gasteiger partial charge on any atom is -0.207 e. The van der Waals surface area contributed by atoms with Crippen LogP contribution in [-0.2, 0) is 16.4 Å². The molecule has 3 nitrogen and oxygen atoms in total. The molecule has 0 aliphatic rings. The smallest absolute Gasteiger partial charge is 0.207 e. The lowest BCUT2D eigenvalue weighted by molar-refractivity contribution is 0.361. The zero-order valence-electron chi connectivity index (χ0n) is 13.2. The molecule has 1 aromatic carbocycles. The number of benzene rings is 1. The molecule has 0 amide bonds. The molecule has 0 heterocycles. The average molecular weight is 332 g/mol. The fourth-order valence-corrected chi connectivity index (χ4v) is 3.82. The molecule has 1 unspecified atom stereocenters. The highest BCUT2D eigenvalue weighted by Crippen LogP contribution is 2.19. The van der Waals surface area contributed by atoms with Gasteiger partial charge in [-0.15, -0.1) is 11.6 Å². The quantitative estimate of drug-likeness (QED) is 0.643. The Balaban J connectivity index is 2.89. The first-order valence-corrected chi connectivity index (χ1v) is 9.58. The fourth-order valence-electron chi connectivity index (χ4n) is 2.12. The van der Waals surface area contributed by atoms with Gasteiger partial charge in [-0.2, -0.15) is 4.31 Å². The maximum Gasteiger partial charge on any atom is 0.243 e. The lowest BCUT2D eigenvalue weighted by Crippen LogP contribution is -2.34. The number of nitrogens with zero attached hydrogens (tertiary/aromatic N) is 1. The minimum atomic E-state index is -3.39. The van der Waals surface area contributed by atoms with Crippen molar-refractivity contribution in [2.45, 2.75) is 44.9 Å². The molecule has 0 N–H and O–H groups in total. The first-order chi connectivity index (χ1) is 9.95. The SMILES string of the molecule is CCC(C)CN(CC)S(=O)(=O)c1ccc(CCCCl)cc1. The standard InChI is InChI=1S/C16H26ClNO2S/c1-4-14(3)13-18(5-2)21(19,20)16-10-8-15(9-11-16)7-6-12-17/h8-11,14H,4-7,12-13H2,1-3H3. The van der Waals surface area contributed by atoms with Crippen LogP contribution in [-0.4, -0.2) is 31.7 Å². The molecule has 0 aromatic heterocycles. The Morgan fingerprint density at radius 3 is 2.29 bits per heavy atom. The molecule has 0 fully saturated rings. The molecule has 0 bridgehead atoms. The van der Waals surface area contributed by atoms with Crippen LogP contribution in [0, 0.1) is 5.92 Å². The van der Waals surface area contributed by atoms with Gasteiger partial charge < -0.3 is 0 Å². The summed E-state index contributed by atoms with van der Waals surface area (Å²) in [6, 6.07) is 7.18. The van der Waals surface area contributed by atoms with Gasteiger partial charge in [0.25, 0.3) is 0 Å². The molecule has 0 aliphatic heterocycles. The summed E-state index contributed by atoms with van der Waals surface area (Å²) in [7, 11) is -3.39. The summed E-state index contributed by atoms with van der Waals surface area (Å²) in [4.78, 5) is 0.377. The topological polar surface area (TPSA) is 37.4 Å². The van der Waals surface area contributed by atoms with Gasteiger partial charge in [-0.25, -0.2) is 8.42 Å². The second kappa shape index (κ2) is 8.76. The van der Waals surface area contributed by atoms with Gasteiger partial charge in [0, 0.05) is 19.0 Å². The summed E-state index contributed by atoms with van der Waals surface area (Å²) < 4.78 is 26.9. The highest BCUT2D eigenvalue weighted by Gasteiger charge is 2.24. The van der Waals surface area contributed by atoms with Crippen LogP contribution in [0.2, 0.25) is 0 Å². The molecule has 0 spiro atoms. The lowest BCUT2D eigenvalue weighted by Gasteiger charge is -2.23. The van der Waals surface area contributed by atoms with Crippen LogP contribution in [0.15, 0.2) is 29.2 Å². The molecule has 1 rings (SSSR count). The van der Waals surface area contributed by atoms with Crippen LogP contribution in [0.4, 0.5) is 0 Å². The van der Waals surface area contributed by atoms with Crippen molar-refractivity contribution in [3.05, 3.63) is 29.8 Å². The number of halogens is 1. The van der Waals surface area contributed by atoms with E-state index >= 15 is 0 Å². The van der Waals surface area contributed by atoms with E-state index in [1.807, 2.05) is 19.1 Å². The van der Waals surface area contributed by atoms with Crippen molar-refractivity contribution in [1.29, 1.82) is 0 Å². The van der Waals surface area contributed by atoms with E-state index in [1.54, 1.807) is 16.4 Å². The maximum atomic E-state index is 12.6. The Morgan fingerprint density at radius 2 is 1.81 bits per heavy atom. The molecular weight excluding hydrogens is 306 g/mol. The molecule has 0 radical (unpaired) electrons. The Labute approximate surface area is 134 Å². The first kappa shape index (κ1) is 18.5. The summed E-state index contributed by atoms with van der Waals surface area (Å²) in [6.45, 7) is 7.11. The fraction of sp³-hybridized carbons (Fsp3) is 0.625. The number of hydrogen-bond acceptors (Lipinski definition) is 2. The number of alkyl halides is 1. The van der Waals surface area contributed by atoms with E-state index in [2.05, 4.69) is 13.8 Å². The summed E-state index contributed by atoms with van der Waals surface area (Å²) in [5.41, 5.74) is 1.12. The van der Waals surface area contributed by atoms with E-state index < -0.39 is 10.0 Å². The Hall–Kier alpha value is -0.580. The maximum absolute atomic E-state index is 12.6. The molecule has 1 aromatic rings. The van der Waals surface area contributed by atoms with Crippen molar-refractivity contribution in [2.24, 2.45) is 5.92 Å². The number of rotatable bonds is 9. The van der Waals surface area contributed by atoms with Gasteiger partial charge >= 0.3 is 0 Å². The molecular formula is C16H26ClNO2S. The molecule has 5 heteroatoms. The van der Waals surface area contributed by atoms with Crippen LogP contribution in [0.1, 0.15) is 39.2 Å². The van der Waals surface area contributed by atoms with Crippen molar-refractivity contribution in [1.82, 2.24) is 4.31 Å². The molecule has 120 valence electrons. The zero-order valence-corrected chi connectivity index (χ0v) is 14.8.